The number of allylic oxidation sites excluding steroid dienone is 1. The van der Waals surface area contributed by atoms with Crippen LogP contribution in [0.15, 0.2) is 28.8 Å². The van der Waals surface area contributed by atoms with E-state index in [1.807, 2.05) is 6.92 Å². The van der Waals surface area contributed by atoms with Gasteiger partial charge in [-0.3, -0.25) is 9.79 Å². The minimum absolute atomic E-state index is 0.196. The number of carbonyl (C=O) groups excluding carboxylic acids is 1. The second-order valence-corrected chi connectivity index (χ2v) is 3.13. The molecule has 0 saturated heterocycles. The van der Waals surface area contributed by atoms with E-state index in [1.165, 1.54) is 0 Å². The summed E-state index contributed by atoms with van der Waals surface area (Å²) in [5.74, 6) is 0.306. The molecule has 1 aliphatic heterocycles. The van der Waals surface area contributed by atoms with Crippen molar-refractivity contribution in [3.05, 3.63) is 23.8 Å². The van der Waals surface area contributed by atoms with Crippen LogP contribution < -0.4 is 10.6 Å². The Kier molecular flexibility index (Phi) is 3.45. The SMILES string of the molecule is C=C1NC(=O)C(N=CCCC)=C(C)N1. The lowest BCUT2D eigenvalue weighted by atomic mass is 10.2. The third kappa shape index (κ3) is 2.45. The van der Waals surface area contributed by atoms with Crippen molar-refractivity contribution in [2.75, 3.05) is 0 Å². The molecule has 1 amide bonds. The first-order valence-corrected chi connectivity index (χ1v) is 4.65. The Bertz CT molecular complexity index is 315. The van der Waals surface area contributed by atoms with Crippen molar-refractivity contribution >= 4 is 12.1 Å². The minimum atomic E-state index is -0.196. The van der Waals surface area contributed by atoms with Gasteiger partial charge in [0.2, 0.25) is 0 Å². The average Bonchev–Trinajstić information content (AvgIpc) is 2.09. The quantitative estimate of drug-likeness (QED) is 0.663. The molecule has 2 N–H and O–H groups in total. The van der Waals surface area contributed by atoms with Gasteiger partial charge in [-0.2, -0.15) is 0 Å². The standard InChI is InChI=1S/C10H15N3O/c1-4-5-6-11-9-7(2)12-8(3)13-10(9)14/h6,12H,3-5H2,1-2H3,(H,13,14). The maximum atomic E-state index is 11.4. The lowest BCUT2D eigenvalue weighted by molar-refractivity contribution is -0.117. The number of unbranched alkanes of at least 4 members (excludes halogenated alkanes) is 1. The van der Waals surface area contributed by atoms with Gasteiger partial charge in [0.25, 0.3) is 5.91 Å². The second kappa shape index (κ2) is 4.60. The van der Waals surface area contributed by atoms with Gasteiger partial charge >= 0.3 is 0 Å². The summed E-state index contributed by atoms with van der Waals surface area (Å²) in [6, 6.07) is 0. The number of hydrogen-bond donors (Lipinski definition) is 2. The molecule has 14 heavy (non-hydrogen) atoms. The highest BCUT2D eigenvalue weighted by atomic mass is 16.2. The molecule has 0 aromatic carbocycles. The van der Waals surface area contributed by atoms with Crippen LogP contribution in [-0.2, 0) is 4.79 Å². The molecule has 0 aliphatic carbocycles. The molecule has 76 valence electrons. The van der Waals surface area contributed by atoms with Crippen molar-refractivity contribution in [2.24, 2.45) is 4.99 Å². The molecule has 1 aliphatic rings. The van der Waals surface area contributed by atoms with Crippen molar-refractivity contribution < 1.29 is 4.79 Å². The van der Waals surface area contributed by atoms with Gasteiger partial charge in [-0.1, -0.05) is 19.9 Å². The molecule has 0 aromatic heterocycles. The summed E-state index contributed by atoms with van der Waals surface area (Å²) < 4.78 is 0. The lowest BCUT2D eigenvalue weighted by Gasteiger charge is -2.18. The number of nitrogens with zero attached hydrogens (tertiary/aromatic N) is 1. The van der Waals surface area contributed by atoms with Crippen molar-refractivity contribution in [3.63, 3.8) is 0 Å². The molecule has 4 nitrogen and oxygen atoms in total. The van der Waals surface area contributed by atoms with Crippen molar-refractivity contribution in [2.45, 2.75) is 26.7 Å². The van der Waals surface area contributed by atoms with Crippen LogP contribution in [0.25, 0.3) is 0 Å². The number of aliphatic imine (C=N–C) groups is 1. The van der Waals surface area contributed by atoms with E-state index < -0.39 is 0 Å². The fourth-order valence-corrected chi connectivity index (χ4v) is 1.12. The first-order chi connectivity index (χ1) is 6.65. The van der Waals surface area contributed by atoms with Crippen molar-refractivity contribution in [3.8, 4) is 0 Å². The van der Waals surface area contributed by atoms with E-state index >= 15 is 0 Å². The Labute approximate surface area is 83.8 Å². The fraction of sp³-hybridized carbons (Fsp3) is 0.400. The van der Waals surface area contributed by atoms with E-state index in [0.29, 0.717) is 11.5 Å². The Morgan fingerprint density at radius 1 is 1.50 bits per heavy atom. The van der Waals surface area contributed by atoms with Crippen LogP contribution in [0.4, 0.5) is 0 Å². The molecule has 0 atom stereocenters. The van der Waals surface area contributed by atoms with Gasteiger partial charge in [0.1, 0.15) is 11.5 Å². The molecule has 1 heterocycles. The van der Waals surface area contributed by atoms with Crippen LogP contribution in [0.5, 0.6) is 0 Å². The highest BCUT2D eigenvalue weighted by Gasteiger charge is 2.17. The van der Waals surface area contributed by atoms with E-state index in [1.54, 1.807) is 6.21 Å². The highest BCUT2D eigenvalue weighted by Crippen LogP contribution is 2.09. The maximum absolute atomic E-state index is 11.4. The summed E-state index contributed by atoms with van der Waals surface area (Å²) in [5, 5.41) is 5.50. The monoisotopic (exact) mass is 193 g/mol. The summed E-state index contributed by atoms with van der Waals surface area (Å²) in [7, 11) is 0. The van der Waals surface area contributed by atoms with Gasteiger partial charge in [0.15, 0.2) is 0 Å². The summed E-state index contributed by atoms with van der Waals surface area (Å²) >= 11 is 0. The number of nitrogens with one attached hydrogen (secondary N) is 2. The van der Waals surface area contributed by atoms with Crippen LogP contribution >= 0.6 is 0 Å². The zero-order valence-electron chi connectivity index (χ0n) is 8.55. The molecule has 0 unspecified atom stereocenters. The van der Waals surface area contributed by atoms with Gasteiger partial charge in [0.05, 0.1) is 0 Å². The highest BCUT2D eigenvalue weighted by molar-refractivity contribution is 5.97. The molecule has 0 radical (unpaired) electrons. The topological polar surface area (TPSA) is 53.5 Å². The first kappa shape index (κ1) is 10.5. The molecule has 1 rings (SSSR count). The Hall–Kier alpha value is -1.58. The minimum Gasteiger partial charge on any atom is -0.344 e. The molecule has 0 spiro atoms. The van der Waals surface area contributed by atoms with Crippen LogP contribution in [0.2, 0.25) is 0 Å². The zero-order valence-corrected chi connectivity index (χ0v) is 8.55. The smallest absolute Gasteiger partial charge is 0.277 e. The van der Waals surface area contributed by atoms with Crippen molar-refractivity contribution in [1.29, 1.82) is 0 Å². The Balaban J connectivity index is 2.79. The number of rotatable bonds is 3. The molecule has 0 fully saturated rings. The third-order valence-corrected chi connectivity index (χ3v) is 1.81. The van der Waals surface area contributed by atoms with Gasteiger partial charge in [-0.05, 0) is 13.3 Å². The van der Waals surface area contributed by atoms with E-state index in [-0.39, 0.29) is 5.91 Å². The summed E-state index contributed by atoms with van der Waals surface area (Å²) in [6.07, 6.45) is 3.66. The molecule has 0 saturated carbocycles. The van der Waals surface area contributed by atoms with Crippen LogP contribution in [0.3, 0.4) is 0 Å². The van der Waals surface area contributed by atoms with Crippen LogP contribution in [0.1, 0.15) is 26.7 Å². The summed E-state index contributed by atoms with van der Waals surface area (Å²) in [6.45, 7) is 7.49. The molecular weight excluding hydrogens is 178 g/mol. The van der Waals surface area contributed by atoms with Gasteiger partial charge in [0, 0.05) is 11.9 Å². The lowest BCUT2D eigenvalue weighted by Crippen LogP contribution is -2.37. The fourth-order valence-electron chi connectivity index (χ4n) is 1.12. The number of hydrogen-bond acceptors (Lipinski definition) is 3. The number of carbonyl (C=O) groups is 1. The third-order valence-electron chi connectivity index (χ3n) is 1.81. The molecule has 0 aromatic rings. The molecular formula is C10H15N3O. The Morgan fingerprint density at radius 2 is 2.21 bits per heavy atom. The summed E-state index contributed by atoms with van der Waals surface area (Å²) in [4.78, 5) is 15.5. The predicted octanol–water partition coefficient (Wildman–Crippen LogP) is 1.28. The van der Waals surface area contributed by atoms with E-state index in [2.05, 4.69) is 29.1 Å². The molecule has 4 heteroatoms. The van der Waals surface area contributed by atoms with Gasteiger partial charge < -0.3 is 10.6 Å². The Morgan fingerprint density at radius 3 is 2.79 bits per heavy atom. The van der Waals surface area contributed by atoms with Gasteiger partial charge in [-0.15, -0.1) is 0 Å². The first-order valence-electron chi connectivity index (χ1n) is 4.65. The average molecular weight is 193 g/mol. The maximum Gasteiger partial charge on any atom is 0.277 e. The summed E-state index contributed by atoms with van der Waals surface area (Å²) in [5.41, 5.74) is 1.18. The molecule has 0 bridgehead atoms. The predicted molar refractivity (Wildman–Crippen MR) is 56.5 cm³/mol. The van der Waals surface area contributed by atoms with Crippen molar-refractivity contribution in [1.82, 2.24) is 10.6 Å². The van der Waals surface area contributed by atoms with E-state index in [4.69, 9.17) is 0 Å². The van der Waals surface area contributed by atoms with Crippen LogP contribution in [-0.4, -0.2) is 12.1 Å². The van der Waals surface area contributed by atoms with Gasteiger partial charge in [-0.25, -0.2) is 0 Å². The zero-order chi connectivity index (χ0) is 10.6. The van der Waals surface area contributed by atoms with E-state index in [0.717, 1.165) is 18.5 Å². The normalized spacial score (nSPS) is 17.3. The largest absolute Gasteiger partial charge is 0.344 e. The number of amides is 1. The van der Waals surface area contributed by atoms with Crippen LogP contribution in [0, 0.1) is 0 Å². The van der Waals surface area contributed by atoms with E-state index in [9.17, 15) is 4.79 Å². The second-order valence-electron chi connectivity index (χ2n) is 3.13.